The molecule has 1 aromatic rings. The van der Waals surface area contributed by atoms with Crippen LogP contribution in [0.3, 0.4) is 0 Å². The summed E-state index contributed by atoms with van der Waals surface area (Å²) in [4.78, 5) is 11.6. The number of hydrogen-bond donors (Lipinski definition) is 2. The van der Waals surface area contributed by atoms with E-state index in [1.165, 1.54) is 0 Å². The zero-order valence-electron chi connectivity index (χ0n) is 9.94. The summed E-state index contributed by atoms with van der Waals surface area (Å²) in [5, 5.41) is 7.02. The number of carbonyl (C=O) groups excluding carboxylic acids is 1. The third kappa shape index (κ3) is 4.02. The van der Waals surface area contributed by atoms with Crippen molar-refractivity contribution in [3.63, 3.8) is 0 Å². The molecule has 5 heteroatoms. The average molecular weight is 224 g/mol. The van der Waals surface area contributed by atoms with Gasteiger partial charge in [0, 0.05) is 19.7 Å². The zero-order valence-corrected chi connectivity index (χ0v) is 9.94. The van der Waals surface area contributed by atoms with Crippen molar-refractivity contribution in [3.8, 4) is 0 Å². The van der Waals surface area contributed by atoms with E-state index >= 15 is 0 Å². The van der Waals surface area contributed by atoms with Crippen molar-refractivity contribution in [3.05, 3.63) is 18.0 Å². The fourth-order valence-corrected chi connectivity index (χ4v) is 1.48. The predicted molar refractivity (Wildman–Crippen MR) is 62.5 cm³/mol. The van der Waals surface area contributed by atoms with Gasteiger partial charge in [0.15, 0.2) is 0 Å². The highest BCUT2D eigenvalue weighted by Gasteiger charge is 2.10. The number of aryl methyl sites for hydroxylation is 1. The fraction of sp³-hybridized carbons (Fsp3) is 0.636. The van der Waals surface area contributed by atoms with Gasteiger partial charge in [-0.25, -0.2) is 0 Å². The number of nitrogens with one attached hydrogen (secondary N) is 1. The molecule has 5 nitrogen and oxygen atoms in total. The molecular weight excluding hydrogens is 204 g/mol. The van der Waals surface area contributed by atoms with E-state index in [2.05, 4.69) is 10.4 Å². The first-order valence-corrected chi connectivity index (χ1v) is 5.61. The molecule has 0 saturated carbocycles. The van der Waals surface area contributed by atoms with Crippen molar-refractivity contribution in [1.29, 1.82) is 0 Å². The largest absolute Gasteiger partial charge is 0.350 e. The minimum absolute atomic E-state index is 0.0444. The number of nitrogens with zero attached hydrogens (tertiary/aromatic N) is 2. The van der Waals surface area contributed by atoms with Crippen LogP contribution in [0.15, 0.2) is 12.3 Å². The van der Waals surface area contributed by atoms with E-state index in [0.717, 1.165) is 12.1 Å². The third-order valence-corrected chi connectivity index (χ3v) is 2.62. The van der Waals surface area contributed by atoms with E-state index < -0.39 is 0 Å². The molecule has 1 unspecified atom stereocenters. The van der Waals surface area contributed by atoms with Gasteiger partial charge in [-0.1, -0.05) is 13.3 Å². The van der Waals surface area contributed by atoms with E-state index in [0.29, 0.717) is 19.5 Å². The summed E-state index contributed by atoms with van der Waals surface area (Å²) < 4.78 is 1.72. The molecule has 90 valence electrons. The summed E-state index contributed by atoms with van der Waals surface area (Å²) in [6, 6.07) is 1.89. The highest BCUT2D eigenvalue weighted by Crippen LogP contribution is 2.05. The molecule has 0 aliphatic heterocycles. The average Bonchev–Trinajstić information content (AvgIpc) is 2.69. The van der Waals surface area contributed by atoms with Gasteiger partial charge in [-0.3, -0.25) is 9.48 Å². The first-order valence-electron chi connectivity index (χ1n) is 5.61. The van der Waals surface area contributed by atoms with Crippen LogP contribution in [0.4, 0.5) is 0 Å². The Labute approximate surface area is 96.0 Å². The van der Waals surface area contributed by atoms with Gasteiger partial charge in [-0.2, -0.15) is 5.10 Å². The molecule has 16 heavy (non-hydrogen) atoms. The van der Waals surface area contributed by atoms with E-state index in [-0.39, 0.29) is 11.8 Å². The standard InChI is InChI=1S/C11H20N4O/c1-3-9(7-12)6-11(16)13-8-10-4-5-15(2)14-10/h4-5,9H,3,6-8,12H2,1-2H3,(H,13,16). The Kier molecular flexibility index (Phi) is 4.98. The summed E-state index contributed by atoms with van der Waals surface area (Å²) in [5.74, 6) is 0.326. The van der Waals surface area contributed by atoms with Crippen molar-refractivity contribution in [2.45, 2.75) is 26.3 Å². The van der Waals surface area contributed by atoms with Gasteiger partial charge in [0.05, 0.1) is 12.2 Å². The summed E-state index contributed by atoms with van der Waals surface area (Å²) in [5.41, 5.74) is 6.42. The third-order valence-electron chi connectivity index (χ3n) is 2.62. The Morgan fingerprint density at radius 3 is 2.94 bits per heavy atom. The minimum atomic E-state index is 0.0444. The molecule has 0 aromatic carbocycles. The lowest BCUT2D eigenvalue weighted by Gasteiger charge is -2.11. The molecule has 0 aliphatic carbocycles. The Hall–Kier alpha value is -1.36. The molecule has 1 aromatic heterocycles. The molecule has 1 heterocycles. The molecule has 0 fully saturated rings. The topological polar surface area (TPSA) is 72.9 Å². The van der Waals surface area contributed by atoms with Crippen LogP contribution in [-0.2, 0) is 18.4 Å². The second-order valence-corrected chi connectivity index (χ2v) is 3.97. The van der Waals surface area contributed by atoms with E-state index in [1.807, 2.05) is 26.2 Å². The Morgan fingerprint density at radius 2 is 2.44 bits per heavy atom. The Balaban J connectivity index is 2.30. The van der Waals surface area contributed by atoms with Gasteiger partial charge >= 0.3 is 0 Å². The summed E-state index contributed by atoms with van der Waals surface area (Å²) >= 11 is 0. The number of nitrogens with two attached hydrogens (primary N) is 1. The van der Waals surface area contributed by atoms with Crippen LogP contribution in [0.5, 0.6) is 0 Å². The van der Waals surface area contributed by atoms with Gasteiger partial charge in [0.1, 0.15) is 0 Å². The lowest BCUT2D eigenvalue weighted by molar-refractivity contribution is -0.122. The van der Waals surface area contributed by atoms with Crippen LogP contribution in [0, 0.1) is 5.92 Å². The monoisotopic (exact) mass is 224 g/mol. The maximum atomic E-state index is 11.6. The van der Waals surface area contributed by atoms with Crippen molar-refractivity contribution in [2.75, 3.05) is 6.54 Å². The second kappa shape index (κ2) is 6.27. The van der Waals surface area contributed by atoms with E-state index in [1.54, 1.807) is 4.68 Å². The molecule has 3 N–H and O–H groups in total. The van der Waals surface area contributed by atoms with Crippen LogP contribution in [0.1, 0.15) is 25.5 Å². The van der Waals surface area contributed by atoms with Crippen LogP contribution < -0.4 is 11.1 Å². The van der Waals surface area contributed by atoms with Crippen LogP contribution in [0.2, 0.25) is 0 Å². The van der Waals surface area contributed by atoms with Gasteiger partial charge in [-0.15, -0.1) is 0 Å². The lowest BCUT2D eigenvalue weighted by atomic mass is 10.0. The zero-order chi connectivity index (χ0) is 12.0. The van der Waals surface area contributed by atoms with Crippen molar-refractivity contribution in [2.24, 2.45) is 18.7 Å². The van der Waals surface area contributed by atoms with Crippen molar-refractivity contribution < 1.29 is 4.79 Å². The first kappa shape index (κ1) is 12.7. The number of hydrogen-bond acceptors (Lipinski definition) is 3. The molecule has 0 aliphatic rings. The molecule has 1 atom stereocenters. The maximum absolute atomic E-state index is 11.6. The number of amides is 1. The highest BCUT2D eigenvalue weighted by atomic mass is 16.1. The Bertz CT molecular complexity index is 330. The van der Waals surface area contributed by atoms with Crippen molar-refractivity contribution in [1.82, 2.24) is 15.1 Å². The maximum Gasteiger partial charge on any atom is 0.220 e. The molecule has 0 radical (unpaired) electrons. The first-order chi connectivity index (χ1) is 7.65. The van der Waals surface area contributed by atoms with Crippen molar-refractivity contribution >= 4 is 5.91 Å². The van der Waals surface area contributed by atoms with Gasteiger partial charge in [0.25, 0.3) is 0 Å². The van der Waals surface area contributed by atoms with Crippen LogP contribution >= 0.6 is 0 Å². The number of carbonyl (C=O) groups is 1. The highest BCUT2D eigenvalue weighted by molar-refractivity contribution is 5.76. The molecular formula is C11H20N4O. The van der Waals surface area contributed by atoms with Gasteiger partial charge in [0.2, 0.25) is 5.91 Å². The van der Waals surface area contributed by atoms with E-state index in [9.17, 15) is 4.79 Å². The second-order valence-electron chi connectivity index (χ2n) is 3.97. The SMILES string of the molecule is CCC(CN)CC(=O)NCc1ccn(C)n1. The Morgan fingerprint density at radius 1 is 1.69 bits per heavy atom. The quantitative estimate of drug-likeness (QED) is 0.735. The molecule has 1 rings (SSSR count). The predicted octanol–water partition coefficient (Wildman–Crippen LogP) is 0.411. The van der Waals surface area contributed by atoms with Crippen LogP contribution in [-0.4, -0.2) is 22.2 Å². The minimum Gasteiger partial charge on any atom is -0.350 e. The number of aromatic nitrogens is 2. The molecule has 0 spiro atoms. The smallest absolute Gasteiger partial charge is 0.220 e. The molecule has 1 amide bonds. The fourth-order valence-electron chi connectivity index (χ4n) is 1.48. The summed E-state index contributed by atoms with van der Waals surface area (Å²) in [7, 11) is 1.85. The van der Waals surface area contributed by atoms with Gasteiger partial charge < -0.3 is 11.1 Å². The van der Waals surface area contributed by atoms with E-state index in [4.69, 9.17) is 5.73 Å². The summed E-state index contributed by atoms with van der Waals surface area (Å²) in [6.07, 6.45) is 3.30. The van der Waals surface area contributed by atoms with Crippen LogP contribution in [0.25, 0.3) is 0 Å². The van der Waals surface area contributed by atoms with Gasteiger partial charge in [-0.05, 0) is 18.5 Å². The number of rotatable bonds is 6. The molecule has 0 bridgehead atoms. The summed E-state index contributed by atoms with van der Waals surface area (Å²) in [6.45, 7) is 3.09. The normalized spacial score (nSPS) is 12.4. The lowest BCUT2D eigenvalue weighted by Crippen LogP contribution is -2.27. The molecule has 0 saturated heterocycles.